The van der Waals surface area contributed by atoms with Crippen LogP contribution < -0.4 is 5.32 Å². The second-order valence-corrected chi connectivity index (χ2v) is 7.27. The molecule has 1 aliphatic rings. The van der Waals surface area contributed by atoms with Crippen LogP contribution in [0.4, 0.5) is 0 Å². The molecule has 1 N–H and O–H groups in total. The Hall–Kier alpha value is -0.515. The lowest BCUT2D eigenvalue weighted by atomic mass is 9.77. The normalized spacial score (nSPS) is 20.5. The molecule has 6 heteroatoms. The van der Waals surface area contributed by atoms with Crippen LogP contribution in [0.25, 0.3) is 6.08 Å². The highest BCUT2D eigenvalue weighted by atomic mass is 35.5. The molecule has 2 rings (SSSR count). The maximum absolute atomic E-state index is 6.28. The molecule has 3 nitrogen and oxygen atoms in total. The molecule has 1 aliphatic heterocycles. The Morgan fingerprint density at radius 2 is 1.77 bits per heavy atom. The molecule has 1 saturated heterocycles. The van der Waals surface area contributed by atoms with E-state index in [1.807, 2.05) is 53.0 Å². The monoisotopic (exact) mass is 341 g/mol. The standard InChI is InChI=1S/C16H22BCl2NO2/c1-15(2)16(3,4)22-17(21-15)12(10-20-5)9-11-7-6-8-13(18)14(11)19/h6-9,20H,10H2,1-5H3. The molecule has 0 aromatic heterocycles. The molecule has 0 spiro atoms. The van der Waals surface area contributed by atoms with Crippen LogP contribution >= 0.6 is 23.2 Å². The van der Waals surface area contributed by atoms with Crippen LogP contribution in [-0.2, 0) is 9.31 Å². The van der Waals surface area contributed by atoms with E-state index in [2.05, 4.69) is 5.32 Å². The van der Waals surface area contributed by atoms with Gasteiger partial charge >= 0.3 is 7.12 Å². The molecule has 0 radical (unpaired) electrons. The molecule has 0 amide bonds. The van der Waals surface area contributed by atoms with Gasteiger partial charge in [0, 0.05) is 6.54 Å². The summed E-state index contributed by atoms with van der Waals surface area (Å²) in [6, 6.07) is 5.57. The Labute approximate surface area is 143 Å². The fraction of sp³-hybridized carbons (Fsp3) is 0.500. The number of hydrogen-bond donors (Lipinski definition) is 1. The third-order valence-electron chi connectivity index (χ3n) is 4.26. The first-order valence-corrected chi connectivity index (χ1v) is 8.08. The van der Waals surface area contributed by atoms with E-state index in [0.717, 1.165) is 11.0 Å². The Balaban J connectivity index is 2.35. The van der Waals surface area contributed by atoms with Crippen molar-refractivity contribution in [2.45, 2.75) is 38.9 Å². The Kier molecular flexibility index (Phi) is 5.30. The third-order valence-corrected chi connectivity index (χ3v) is 5.09. The van der Waals surface area contributed by atoms with Crippen LogP contribution in [-0.4, -0.2) is 31.9 Å². The maximum Gasteiger partial charge on any atom is 0.491 e. The highest BCUT2D eigenvalue weighted by Crippen LogP contribution is 2.39. The SMILES string of the molecule is CNCC(=Cc1cccc(Cl)c1Cl)B1OC(C)(C)C(C)(C)O1. The van der Waals surface area contributed by atoms with Gasteiger partial charge in [-0.25, -0.2) is 0 Å². The Morgan fingerprint density at radius 3 is 2.32 bits per heavy atom. The second kappa shape index (κ2) is 6.54. The molecular weight excluding hydrogens is 320 g/mol. The first kappa shape index (κ1) is 17.8. The number of nitrogens with one attached hydrogen (secondary N) is 1. The summed E-state index contributed by atoms with van der Waals surface area (Å²) in [6.45, 7) is 8.79. The van der Waals surface area contributed by atoms with Crippen molar-refractivity contribution in [2.24, 2.45) is 0 Å². The van der Waals surface area contributed by atoms with Crippen molar-refractivity contribution >= 4 is 36.4 Å². The highest BCUT2D eigenvalue weighted by Gasteiger charge is 2.52. The van der Waals surface area contributed by atoms with Gasteiger partial charge in [0.1, 0.15) is 0 Å². The van der Waals surface area contributed by atoms with Crippen LogP contribution in [0.2, 0.25) is 10.0 Å². The summed E-state index contributed by atoms with van der Waals surface area (Å²) in [6.07, 6.45) is 1.98. The van der Waals surface area contributed by atoms with Gasteiger partial charge in [0.25, 0.3) is 0 Å². The van der Waals surface area contributed by atoms with Gasteiger partial charge in [-0.3, -0.25) is 0 Å². The third kappa shape index (κ3) is 3.52. The van der Waals surface area contributed by atoms with E-state index in [4.69, 9.17) is 32.5 Å². The quantitative estimate of drug-likeness (QED) is 0.831. The number of hydrogen-bond acceptors (Lipinski definition) is 3. The van der Waals surface area contributed by atoms with Crippen molar-refractivity contribution in [3.05, 3.63) is 39.3 Å². The van der Waals surface area contributed by atoms with E-state index in [9.17, 15) is 0 Å². The number of likely N-dealkylation sites (N-methyl/N-ethyl adjacent to an activating group) is 1. The van der Waals surface area contributed by atoms with Crippen molar-refractivity contribution < 1.29 is 9.31 Å². The van der Waals surface area contributed by atoms with Crippen molar-refractivity contribution in [1.82, 2.24) is 5.32 Å². The molecule has 1 aromatic rings. The summed E-state index contributed by atoms with van der Waals surface area (Å²) in [5.74, 6) is 0. The summed E-state index contributed by atoms with van der Waals surface area (Å²) in [5.41, 5.74) is 1.09. The van der Waals surface area contributed by atoms with Gasteiger partial charge in [-0.1, -0.05) is 41.4 Å². The van der Waals surface area contributed by atoms with Crippen molar-refractivity contribution in [3.8, 4) is 0 Å². The number of rotatable bonds is 4. The lowest BCUT2D eigenvalue weighted by Gasteiger charge is -2.32. The van der Waals surface area contributed by atoms with E-state index >= 15 is 0 Å². The molecule has 0 aliphatic carbocycles. The van der Waals surface area contributed by atoms with Gasteiger partial charge < -0.3 is 14.6 Å². The average molecular weight is 342 g/mol. The minimum absolute atomic E-state index is 0.372. The number of benzene rings is 1. The fourth-order valence-electron chi connectivity index (χ4n) is 2.23. The van der Waals surface area contributed by atoms with Crippen LogP contribution in [0.1, 0.15) is 33.3 Å². The summed E-state index contributed by atoms with van der Waals surface area (Å²) >= 11 is 12.4. The topological polar surface area (TPSA) is 30.5 Å². The Morgan fingerprint density at radius 1 is 1.18 bits per heavy atom. The van der Waals surface area contributed by atoms with E-state index in [-0.39, 0.29) is 11.2 Å². The summed E-state index contributed by atoms with van der Waals surface area (Å²) in [5, 5.41) is 4.22. The summed E-state index contributed by atoms with van der Waals surface area (Å²) in [7, 11) is 1.48. The van der Waals surface area contributed by atoms with Crippen LogP contribution in [0.3, 0.4) is 0 Å². The van der Waals surface area contributed by atoms with E-state index in [0.29, 0.717) is 16.6 Å². The van der Waals surface area contributed by atoms with Crippen LogP contribution in [0, 0.1) is 0 Å². The zero-order chi connectivity index (χ0) is 16.5. The lowest BCUT2D eigenvalue weighted by Crippen LogP contribution is -2.41. The lowest BCUT2D eigenvalue weighted by molar-refractivity contribution is 0.00578. The highest BCUT2D eigenvalue weighted by molar-refractivity contribution is 6.56. The molecule has 0 atom stereocenters. The Bertz CT molecular complexity index is 572. The second-order valence-electron chi connectivity index (χ2n) is 6.48. The first-order valence-electron chi connectivity index (χ1n) is 7.32. The molecule has 0 bridgehead atoms. The minimum atomic E-state index is -0.410. The minimum Gasteiger partial charge on any atom is -0.400 e. The van der Waals surface area contributed by atoms with E-state index in [1.165, 1.54) is 0 Å². The van der Waals surface area contributed by atoms with Gasteiger partial charge in [0.05, 0.1) is 21.2 Å². The molecular formula is C16H22BCl2NO2. The first-order chi connectivity index (χ1) is 10.2. The predicted molar refractivity (Wildman–Crippen MR) is 94.4 cm³/mol. The maximum atomic E-state index is 6.28. The smallest absolute Gasteiger partial charge is 0.400 e. The molecule has 0 saturated carbocycles. The van der Waals surface area contributed by atoms with Crippen LogP contribution in [0.15, 0.2) is 23.7 Å². The van der Waals surface area contributed by atoms with Crippen molar-refractivity contribution in [3.63, 3.8) is 0 Å². The zero-order valence-electron chi connectivity index (χ0n) is 13.7. The van der Waals surface area contributed by atoms with Crippen molar-refractivity contribution in [2.75, 3.05) is 13.6 Å². The zero-order valence-corrected chi connectivity index (χ0v) is 15.2. The van der Waals surface area contributed by atoms with Gasteiger partial charge in [0.2, 0.25) is 0 Å². The predicted octanol–water partition coefficient (Wildman–Crippen LogP) is 4.23. The summed E-state index contributed by atoms with van der Waals surface area (Å²) in [4.78, 5) is 0. The van der Waals surface area contributed by atoms with Crippen molar-refractivity contribution in [1.29, 1.82) is 0 Å². The van der Waals surface area contributed by atoms with Gasteiger partial charge in [-0.2, -0.15) is 0 Å². The van der Waals surface area contributed by atoms with E-state index in [1.54, 1.807) is 6.07 Å². The summed E-state index contributed by atoms with van der Waals surface area (Å²) < 4.78 is 12.2. The van der Waals surface area contributed by atoms with Gasteiger partial charge in [-0.05, 0) is 51.8 Å². The number of halogens is 2. The van der Waals surface area contributed by atoms with Crippen LogP contribution in [0.5, 0.6) is 0 Å². The van der Waals surface area contributed by atoms with E-state index < -0.39 is 7.12 Å². The molecule has 1 aromatic carbocycles. The van der Waals surface area contributed by atoms with Gasteiger partial charge in [0.15, 0.2) is 0 Å². The fourth-order valence-corrected chi connectivity index (χ4v) is 2.60. The molecule has 120 valence electrons. The molecule has 0 unspecified atom stereocenters. The largest absolute Gasteiger partial charge is 0.491 e. The molecule has 1 fully saturated rings. The molecule has 22 heavy (non-hydrogen) atoms. The average Bonchev–Trinajstić information content (AvgIpc) is 2.63. The van der Waals surface area contributed by atoms with Gasteiger partial charge in [-0.15, -0.1) is 0 Å². The molecule has 1 heterocycles.